The maximum atomic E-state index is 13.8. The topological polar surface area (TPSA) is 146 Å². The summed E-state index contributed by atoms with van der Waals surface area (Å²) in [6, 6.07) is 12.2. The highest BCUT2D eigenvalue weighted by molar-refractivity contribution is 8.07. The summed E-state index contributed by atoms with van der Waals surface area (Å²) < 4.78 is 0. The second-order valence-electron chi connectivity index (χ2n) is 12.5. The average Bonchev–Trinajstić information content (AvgIpc) is 3.80. The molecule has 0 fully saturated rings. The standard InChI is InChI=1S/C35H37N7O4S2/c1-21(47-22-5-4-13-39(17-22)19-31(36)43)34(45)41-15-10-25-23(6-2-8-28(25)41)24-7-3-9-29-26(24)11-16-42(29)35(46)33-38-27-12-14-40(20-32(37)44)18-30(27)48-33/h2-3,5-9H,1,4,10-20H2,(H2,36,43)(H2,37,44). The summed E-state index contributed by atoms with van der Waals surface area (Å²) in [6.07, 6.45) is 5.01. The summed E-state index contributed by atoms with van der Waals surface area (Å²) in [5.41, 5.74) is 17.9. The summed E-state index contributed by atoms with van der Waals surface area (Å²) in [6.45, 7) is 8.23. The van der Waals surface area contributed by atoms with E-state index in [1.165, 1.54) is 23.1 Å². The first kappa shape index (κ1) is 32.3. The molecule has 0 saturated carbocycles. The van der Waals surface area contributed by atoms with Crippen LogP contribution in [0.25, 0.3) is 11.1 Å². The van der Waals surface area contributed by atoms with Crippen LogP contribution in [0.5, 0.6) is 0 Å². The molecule has 248 valence electrons. The van der Waals surface area contributed by atoms with Crippen LogP contribution in [0.2, 0.25) is 0 Å². The molecular formula is C35H37N7O4S2. The molecule has 0 bridgehead atoms. The van der Waals surface area contributed by atoms with Gasteiger partial charge in [0.15, 0.2) is 5.01 Å². The van der Waals surface area contributed by atoms with Gasteiger partial charge in [-0.1, -0.05) is 48.7 Å². The van der Waals surface area contributed by atoms with Gasteiger partial charge in [0, 0.05) is 66.8 Å². The highest BCUT2D eigenvalue weighted by Gasteiger charge is 2.34. The number of hydrogen-bond acceptors (Lipinski definition) is 9. The molecule has 0 atom stereocenters. The van der Waals surface area contributed by atoms with Crippen molar-refractivity contribution in [3.63, 3.8) is 0 Å². The predicted octanol–water partition coefficient (Wildman–Crippen LogP) is 3.07. The van der Waals surface area contributed by atoms with Gasteiger partial charge in [-0.2, -0.15) is 0 Å². The Bertz CT molecular complexity index is 1890. The highest BCUT2D eigenvalue weighted by Crippen LogP contribution is 2.43. The summed E-state index contributed by atoms with van der Waals surface area (Å²) in [4.78, 5) is 65.1. The maximum absolute atomic E-state index is 13.8. The van der Waals surface area contributed by atoms with Crippen molar-refractivity contribution in [2.24, 2.45) is 11.5 Å². The molecule has 0 radical (unpaired) electrons. The first-order chi connectivity index (χ1) is 23.2. The van der Waals surface area contributed by atoms with E-state index < -0.39 is 0 Å². The minimum atomic E-state index is -0.363. The lowest BCUT2D eigenvalue weighted by Gasteiger charge is -2.26. The fourth-order valence-electron chi connectivity index (χ4n) is 7.16. The number of thiazole rings is 1. The fourth-order valence-corrected chi connectivity index (χ4v) is 9.22. The Balaban J connectivity index is 1.08. The van der Waals surface area contributed by atoms with Crippen LogP contribution in [0.4, 0.5) is 11.4 Å². The van der Waals surface area contributed by atoms with Crippen LogP contribution in [0.15, 0.2) is 58.9 Å². The van der Waals surface area contributed by atoms with Gasteiger partial charge in [0.2, 0.25) is 11.8 Å². The van der Waals surface area contributed by atoms with Gasteiger partial charge in [-0.05, 0) is 53.6 Å². The molecule has 0 unspecified atom stereocenters. The molecule has 5 heterocycles. The van der Waals surface area contributed by atoms with Crippen molar-refractivity contribution in [3.8, 4) is 11.1 Å². The van der Waals surface area contributed by atoms with Gasteiger partial charge in [0.1, 0.15) is 0 Å². The fraction of sp³-hybridized carbons (Fsp3) is 0.343. The number of carbonyl (C=O) groups is 4. The molecule has 3 aromatic rings. The first-order valence-electron chi connectivity index (χ1n) is 16.1. The van der Waals surface area contributed by atoms with Crippen LogP contribution < -0.4 is 21.3 Å². The Labute approximate surface area is 287 Å². The third-order valence-corrected chi connectivity index (χ3v) is 11.3. The first-order valence-corrected chi connectivity index (χ1v) is 17.7. The normalized spacial score (nSPS) is 17.5. The van der Waals surface area contributed by atoms with Crippen molar-refractivity contribution in [1.82, 2.24) is 14.8 Å². The smallest absolute Gasteiger partial charge is 0.287 e. The van der Waals surface area contributed by atoms with Crippen molar-refractivity contribution < 1.29 is 19.2 Å². The van der Waals surface area contributed by atoms with Crippen LogP contribution in [-0.2, 0) is 40.2 Å². The van der Waals surface area contributed by atoms with Crippen LogP contribution in [0.1, 0.15) is 37.9 Å². The number of thioether (sulfide) groups is 1. The molecule has 4 aliphatic rings. The number of nitrogens with zero attached hydrogens (tertiary/aromatic N) is 5. The van der Waals surface area contributed by atoms with Crippen molar-refractivity contribution in [1.29, 1.82) is 0 Å². The second-order valence-corrected chi connectivity index (χ2v) is 14.8. The molecule has 4 N–H and O–H groups in total. The van der Waals surface area contributed by atoms with E-state index in [2.05, 4.69) is 24.8 Å². The number of aromatic nitrogens is 1. The highest BCUT2D eigenvalue weighted by atomic mass is 32.2. The average molecular weight is 684 g/mol. The van der Waals surface area contributed by atoms with Crippen molar-refractivity contribution in [3.05, 3.63) is 85.6 Å². The number of amides is 4. The zero-order valence-electron chi connectivity index (χ0n) is 26.6. The zero-order chi connectivity index (χ0) is 33.5. The zero-order valence-corrected chi connectivity index (χ0v) is 28.2. The van der Waals surface area contributed by atoms with Gasteiger partial charge in [-0.15, -0.1) is 11.3 Å². The number of benzene rings is 2. The molecule has 11 nitrogen and oxygen atoms in total. The maximum Gasteiger partial charge on any atom is 0.287 e. The molecule has 48 heavy (non-hydrogen) atoms. The van der Waals surface area contributed by atoms with Crippen LogP contribution >= 0.6 is 23.1 Å². The lowest BCUT2D eigenvalue weighted by molar-refractivity contribution is -0.120. The SMILES string of the molecule is C=C(SC1=CCCN(CC(N)=O)C1)C(=O)N1CCc2c(-c3cccc4c3CCN4C(=O)c3nc4c(s3)CN(CC(N)=O)CC4)cccc21. The summed E-state index contributed by atoms with van der Waals surface area (Å²) in [5.74, 6) is -0.954. The van der Waals surface area contributed by atoms with E-state index in [1.54, 1.807) is 0 Å². The van der Waals surface area contributed by atoms with Gasteiger partial charge < -0.3 is 21.3 Å². The van der Waals surface area contributed by atoms with Crippen molar-refractivity contribution in [2.45, 2.75) is 32.2 Å². The van der Waals surface area contributed by atoms with E-state index in [9.17, 15) is 19.2 Å². The number of rotatable bonds is 9. The molecule has 0 aliphatic carbocycles. The molecule has 1 aromatic heterocycles. The number of hydrogen-bond donors (Lipinski definition) is 2. The molecule has 4 aliphatic heterocycles. The Hall–Kier alpha value is -4.30. The van der Waals surface area contributed by atoms with Crippen LogP contribution in [0, 0.1) is 0 Å². The van der Waals surface area contributed by atoms with Crippen molar-refractivity contribution >= 4 is 58.1 Å². The predicted molar refractivity (Wildman–Crippen MR) is 189 cm³/mol. The Morgan fingerprint density at radius 1 is 0.812 bits per heavy atom. The van der Waals surface area contributed by atoms with Crippen LogP contribution in [-0.4, -0.2) is 84.2 Å². The largest absolute Gasteiger partial charge is 0.369 e. The van der Waals surface area contributed by atoms with Crippen molar-refractivity contribution in [2.75, 3.05) is 55.6 Å². The summed E-state index contributed by atoms with van der Waals surface area (Å²) in [7, 11) is 0. The number of nitrogens with two attached hydrogens (primary N) is 2. The quantitative estimate of drug-likeness (QED) is 0.328. The lowest BCUT2D eigenvalue weighted by Crippen LogP contribution is -2.37. The third-order valence-electron chi connectivity index (χ3n) is 9.28. The molecule has 7 rings (SSSR count). The number of fused-ring (bicyclic) bond motifs is 3. The third kappa shape index (κ3) is 6.30. The van der Waals surface area contributed by atoms with E-state index in [1.807, 2.05) is 43.9 Å². The second kappa shape index (κ2) is 13.3. The molecule has 2 aromatic carbocycles. The molecule has 4 amide bonds. The van der Waals surface area contributed by atoms with E-state index in [0.29, 0.717) is 55.5 Å². The molecule has 0 spiro atoms. The minimum Gasteiger partial charge on any atom is -0.369 e. The van der Waals surface area contributed by atoms with E-state index in [-0.39, 0.29) is 36.7 Å². The Kier molecular flexibility index (Phi) is 8.94. The molecular weight excluding hydrogens is 647 g/mol. The van der Waals surface area contributed by atoms with E-state index >= 15 is 0 Å². The number of carbonyl (C=O) groups excluding carboxylic acids is 4. The van der Waals surface area contributed by atoms with Gasteiger partial charge in [-0.3, -0.25) is 29.0 Å². The minimum absolute atomic E-state index is 0.108. The van der Waals surface area contributed by atoms with Gasteiger partial charge in [-0.25, -0.2) is 4.98 Å². The van der Waals surface area contributed by atoms with E-state index in [0.717, 1.165) is 68.5 Å². The monoisotopic (exact) mass is 683 g/mol. The number of primary amides is 2. The van der Waals surface area contributed by atoms with Gasteiger partial charge >= 0.3 is 0 Å². The Morgan fingerprint density at radius 2 is 1.44 bits per heavy atom. The summed E-state index contributed by atoms with van der Waals surface area (Å²) >= 11 is 2.77. The summed E-state index contributed by atoms with van der Waals surface area (Å²) in [5, 5.41) is 0.469. The van der Waals surface area contributed by atoms with Crippen LogP contribution in [0.3, 0.4) is 0 Å². The Morgan fingerprint density at radius 3 is 2.10 bits per heavy atom. The van der Waals surface area contributed by atoms with Gasteiger partial charge in [0.25, 0.3) is 11.8 Å². The molecule has 0 saturated heterocycles. The van der Waals surface area contributed by atoms with Gasteiger partial charge in [0.05, 0.1) is 23.7 Å². The van der Waals surface area contributed by atoms with E-state index in [4.69, 9.17) is 16.5 Å². The molecule has 13 heteroatoms. The lowest BCUT2D eigenvalue weighted by atomic mass is 9.93. The number of anilines is 2.